The van der Waals surface area contributed by atoms with Crippen molar-refractivity contribution in [3.63, 3.8) is 0 Å². The van der Waals surface area contributed by atoms with E-state index in [1.165, 1.54) is 5.56 Å². The third-order valence-electron chi connectivity index (χ3n) is 5.74. The normalized spacial score (nSPS) is 14.9. The molecule has 0 unspecified atom stereocenters. The minimum atomic E-state index is -0.114. The maximum Gasteiger partial charge on any atom is 0.230 e. The van der Waals surface area contributed by atoms with Gasteiger partial charge in [0.05, 0.1) is 28.4 Å². The number of nitrogens with zero attached hydrogens (tertiary/aromatic N) is 6. The number of para-hydroxylation sites is 1. The van der Waals surface area contributed by atoms with Crippen molar-refractivity contribution in [2.45, 2.75) is 26.7 Å². The Labute approximate surface area is 179 Å². The van der Waals surface area contributed by atoms with Gasteiger partial charge in [-0.3, -0.25) is 0 Å². The molecule has 0 N–H and O–H groups in total. The maximum absolute atomic E-state index is 6.38. The predicted octanol–water partition coefficient (Wildman–Crippen LogP) is 4.52. The average Bonchev–Trinajstić information content (AvgIpc) is 3.33. The van der Waals surface area contributed by atoms with E-state index in [2.05, 4.69) is 41.3 Å². The first-order valence-electron chi connectivity index (χ1n) is 10.2. The van der Waals surface area contributed by atoms with Gasteiger partial charge in [-0.05, 0) is 38.5 Å². The minimum absolute atomic E-state index is 0.114. The number of rotatable bonds is 2. The molecule has 0 saturated carbocycles. The van der Waals surface area contributed by atoms with Crippen LogP contribution >= 0.6 is 0 Å². The Morgan fingerprint density at radius 3 is 2.42 bits per heavy atom. The highest BCUT2D eigenvalue weighted by Gasteiger charge is 2.37. The lowest BCUT2D eigenvalue weighted by Gasteiger charge is -2.26. The molecule has 1 atom stereocenters. The number of fused-ring (bicyclic) bond motifs is 4. The summed E-state index contributed by atoms with van der Waals surface area (Å²) in [7, 11) is 0. The summed E-state index contributed by atoms with van der Waals surface area (Å²) in [5, 5.41) is 9.31. The number of aromatic nitrogens is 6. The van der Waals surface area contributed by atoms with Gasteiger partial charge in [0.25, 0.3) is 0 Å². The molecule has 7 heteroatoms. The first kappa shape index (κ1) is 17.8. The Bertz CT molecular complexity index is 1430. The largest absolute Gasteiger partial charge is 0.420 e. The number of hydrogen-bond acceptors (Lipinski definition) is 5. The monoisotopic (exact) mass is 408 g/mol. The van der Waals surface area contributed by atoms with Gasteiger partial charge in [0.15, 0.2) is 5.65 Å². The van der Waals surface area contributed by atoms with Crippen molar-refractivity contribution >= 4 is 5.65 Å². The summed E-state index contributed by atoms with van der Waals surface area (Å²) in [5.41, 5.74) is 6.90. The van der Waals surface area contributed by atoms with Crippen molar-refractivity contribution in [3.8, 4) is 17.4 Å². The van der Waals surface area contributed by atoms with Crippen LogP contribution in [0.5, 0.6) is 11.8 Å². The molecular formula is C24H20N6O. The molecule has 31 heavy (non-hydrogen) atoms. The smallest absolute Gasteiger partial charge is 0.230 e. The van der Waals surface area contributed by atoms with E-state index in [4.69, 9.17) is 14.8 Å². The average molecular weight is 408 g/mol. The summed E-state index contributed by atoms with van der Waals surface area (Å²) in [6.07, 6.45) is 1.65. The van der Waals surface area contributed by atoms with Gasteiger partial charge in [0, 0.05) is 0 Å². The quantitative estimate of drug-likeness (QED) is 0.421. The lowest BCUT2D eigenvalue weighted by atomic mass is 9.84. The van der Waals surface area contributed by atoms with Gasteiger partial charge in [0.1, 0.15) is 12.2 Å². The summed E-state index contributed by atoms with van der Waals surface area (Å²) in [6.45, 7) is 6.00. The van der Waals surface area contributed by atoms with Gasteiger partial charge in [-0.1, -0.05) is 48.0 Å². The second-order valence-corrected chi connectivity index (χ2v) is 7.89. The zero-order valence-corrected chi connectivity index (χ0v) is 17.4. The highest BCUT2D eigenvalue weighted by atomic mass is 16.5. The maximum atomic E-state index is 6.38. The number of benzene rings is 2. The summed E-state index contributed by atoms with van der Waals surface area (Å²) in [5.74, 6) is 1.81. The van der Waals surface area contributed by atoms with Gasteiger partial charge in [0.2, 0.25) is 11.8 Å². The summed E-state index contributed by atoms with van der Waals surface area (Å²) < 4.78 is 9.96. The van der Waals surface area contributed by atoms with E-state index in [0.717, 1.165) is 33.7 Å². The van der Waals surface area contributed by atoms with Crippen molar-refractivity contribution in [2.24, 2.45) is 0 Å². The van der Waals surface area contributed by atoms with Crippen molar-refractivity contribution in [1.82, 2.24) is 29.4 Å². The molecule has 2 aromatic carbocycles. The second-order valence-electron chi connectivity index (χ2n) is 7.89. The Morgan fingerprint density at radius 2 is 1.65 bits per heavy atom. The number of ether oxygens (including phenoxy) is 1. The summed E-state index contributed by atoms with van der Waals surface area (Å²) in [4.78, 5) is 9.29. The molecule has 152 valence electrons. The minimum Gasteiger partial charge on any atom is -0.420 e. The van der Waals surface area contributed by atoms with Gasteiger partial charge in [-0.2, -0.15) is 10.2 Å². The summed E-state index contributed by atoms with van der Waals surface area (Å²) in [6, 6.07) is 18.6. The molecule has 1 aliphatic heterocycles. The van der Waals surface area contributed by atoms with Crippen LogP contribution in [0.15, 0.2) is 60.9 Å². The zero-order chi connectivity index (χ0) is 21.1. The van der Waals surface area contributed by atoms with E-state index >= 15 is 0 Å². The van der Waals surface area contributed by atoms with E-state index in [1.54, 1.807) is 10.8 Å². The highest BCUT2D eigenvalue weighted by molar-refractivity contribution is 5.66. The van der Waals surface area contributed by atoms with E-state index in [-0.39, 0.29) is 5.92 Å². The molecule has 6 rings (SSSR count). The molecule has 0 aliphatic carbocycles. The number of aryl methyl sites for hydroxylation is 3. The Kier molecular flexibility index (Phi) is 3.74. The van der Waals surface area contributed by atoms with Gasteiger partial charge in [-0.15, -0.1) is 0 Å². The SMILES string of the molecule is Cc1ccc([C@@H]2c3c(C)nn(-c4ccccc4)c3Oc3ncn4nc(C)nc4c32)cc1. The molecule has 0 amide bonds. The Morgan fingerprint density at radius 1 is 0.871 bits per heavy atom. The zero-order valence-electron chi connectivity index (χ0n) is 17.4. The molecular weight excluding hydrogens is 388 g/mol. The van der Waals surface area contributed by atoms with Crippen LogP contribution in [-0.2, 0) is 0 Å². The van der Waals surface area contributed by atoms with Crippen LogP contribution in [0.2, 0.25) is 0 Å². The van der Waals surface area contributed by atoms with Crippen LogP contribution in [0, 0.1) is 20.8 Å². The topological polar surface area (TPSA) is 70.1 Å². The van der Waals surface area contributed by atoms with Crippen LogP contribution in [-0.4, -0.2) is 29.4 Å². The molecule has 4 heterocycles. The van der Waals surface area contributed by atoms with Crippen LogP contribution in [0.1, 0.15) is 39.7 Å². The van der Waals surface area contributed by atoms with Gasteiger partial charge < -0.3 is 4.74 Å². The molecule has 0 saturated heterocycles. The van der Waals surface area contributed by atoms with E-state index in [1.807, 2.05) is 48.9 Å². The third-order valence-corrected chi connectivity index (χ3v) is 5.74. The van der Waals surface area contributed by atoms with Crippen molar-refractivity contribution in [2.75, 3.05) is 0 Å². The fourth-order valence-corrected chi connectivity index (χ4v) is 4.32. The lowest BCUT2D eigenvalue weighted by Crippen LogP contribution is -2.16. The van der Waals surface area contributed by atoms with E-state index in [0.29, 0.717) is 17.6 Å². The fraction of sp³-hybridized carbons (Fsp3) is 0.167. The van der Waals surface area contributed by atoms with Crippen molar-refractivity contribution < 1.29 is 4.74 Å². The van der Waals surface area contributed by atoms with Gasteiger partial charge in [-0.25, -0.2) is 19.2 Å². The highest BCUT2D eigenvalue weighted by Crippen LogP contribution is 2.49. The van der Waals surface area contributed by atoms with E-state index < -0.39 is 0 Å². The molecule has 0 bridgehead atoms. The van der Waals surface area contributed by atoms with Crippen LogP contribution in [0.4, 0.5) is 0 Å². The molecule has 5 aromatic rings. The first-order valence-corrected chi connectivity index (χ1v) is 10.2. The molecule has 3 aromatic heterocycles. The fourth-order valence-electron chi connectivity index (χ4n) is 4.32. The lowest BCUT2D eigenvalue weighted by molar-refractivity contribution is 0.402. The number of hydrogen-bond donors (Lipinski definition) is 0. The van der Waals surface area contributed by atoms with Gasteiger partial charge >= 0.3 is 0 Å². The van der Waals surface area contributed by atoms with Crippen LogP contribution in [0.3, 0.4) is 0 Å². The van der Waals surface area contributed by atoms with E-state index in [9.17, 15) is 0 Å². The molecule has 0 radical (unpaired) electrons. The van der Waals surface area contributed by atoms with Crippen molar-refractivity contribution in [1.29, 1.82) is 0 Å². The first-order chi connectivity index (χ1) is 15.1. The predicted molar refractivity (Wildman–Crippen MR) is 116 cm³/mol. The molecule has 7 nitrogen and oxygen atoms in total. The van der Waals surface area contributed by atoms with Crippen LogP contribution in [0.25, 0.3) is 11.3 Å². The molecule has 0 fully saturated rings. The second kappa shape index (κ2) is 6.50. The van der Waals surface area contributed by atoms with Crippen LogP contribution < -0.4 is 4.74 Å². The summed E-state index contributed by atoms with van der Waals surface area (Å²) >= 11 is 0. The molecule has 0 spiro atoms. The third kappa shape index (κ3) is 2.66. The standard InChI is InChI=1S/C24H20N6O/c1-14-9-11-17(12-10-14)20-19-15(2)27-30(18-7-5-4-6-8-18)24(19)31-23-21(20)22-26-16(3)28-29(22)13-25-23/h4-13,20H,1-3H3/t20-/m1/s1. The Hall–Kier alpha value is -4.00. The van der Waals surface area contributed by atoms with Crippen molar-refractivity contribution in [3.05, 3.63) is 94.7 Å². The Balaban J connectivity index is 1.67. The molecule has 1 aliphatic rings.